The number of halogens is 3. The van der Waals surface area contributed by atoms with Gasteiger partial charge in [0.25, 0.3) is 0 Å². The molecule has 0 aliphatic rings. The van der Waals surface area contributed by atoms with Crippen molar-refractivity contribution < 1.29 is 22.6 Å². The number of nitrogens with zero attached hydrogens (tertiary/aromatic N) is 1. The molecule has 0 saturated heterocycles. The minimum Gasteiger partial charge on any atom is -0.493 e. The van der Waals surface area contributed by atoms with E-state index in [0.29, 0.717) is 11.5 Å². The molecular formula is C13H15F3N2O2. The molecule has 0 aliphatic heterocycles. The molecule has 20 heavy (non-hydrogen) atoms. The maximum atomic E-state index is 12.4. The molecule has 1 N–H and O–H groups in total. The molecule has 0 fully saturated rings. The first-order valence-corrected chi connectivity index (χ1v) is 5.80. The Labute approximate surface area is 115 Å². The Morgan fingerprint density at radius 1 is 1.25 bits per heavy atom. The fourth-order valence-corrected chi connectivity index (χ4v) is 1.59. The van der Waals surface area contributed by atoms with Crippen LogP contribution < -0.4 is 14.8 Å². The smallest absolute Gasteiger partial charge is 0.405 e. The highest BCUT2D eigenvalue weighted by Crippen LogP contribution is 2.28. The Hall–Kier alpha value is -1.94. The molecule has 7 heteroatoms. The summed E-state index contributed by atoms with van der Waals surface area (Å²) in [5.41, 5.74) is 0.738. The molecule has 1 unspecified atom stereocenters. The summed E-state index contributed by atoms with van der Waals surface area (Å²) in [4.78, 5) is 0. The van der Waals surface area contributed by atoms with Crippen molar-refractivity contribution in [2.75, 3.05) is 20.8 Å². The third-order valence-electron chi connectivity index (χ3n) is 2.68. The van der Waals surface area contributed by atoms with Crippen LogP contribution in [0.15, 0.2) is 18.2 Å². The predicted molar refractivity (Wildman–Crippen MR) is 66.4 cm³/mol. The van der Waals surface area contributed by atoms with Crippen molar-refractivity contribution in [3.05, 3.63) is 23.8 Å². The molecule has 0 heterocycles. The number of benzene rings is 1. The molecule has 0 amide bonds. The van der Waals surface area contributed by atoms with E-state index in [1.54, 1.807) is 18.2 Å². The Morgan fingerprint density at radius 3 is 2.40 bits per heavy atom. The number of alkyl halides is 3. The highest BCUT2D eigenvalue weighted by Gasteiger charge is 2.39. The van der Waals surface area contributed by atoms with Gasteiger partial charge in [-0.05, 0) is 17.7 Å². The maximum Gasteiger partial charge on any atom is 0.405 e. The summed E-state index contributed by atoms with van der Waals surface area (Å²) >= 11 is 0. The number of hydrogen-bond donors (Lipinski definition) is 1. The molecule has 0 bridgehead atoms. The van der Waals surface area contributed by atoms with E-state index in [2.05, 4.69) is 5.32 Å². The largest absolute Gasteiger partial charge is 0.493 e. The van der Waals surface area contributed by atoms with E-state index in [1.165, 1.54) is 20.3 Å². The second kappa shape index (κ2) is 7.01. The van der Waals surface area contributed by atoms with Gasteiger partial charge in [0.1, 0.15) is 0 Å². The summed E-state index contributed by atoms with van der Waals surface area (Å²) < 4.78 is 47.2. The van der Waals surface area contributed by atoms with E-state index in [1.807, 2.05) is 0 Å². The average molecular weight is 288 g/mol. The Bertz CT molecular complexity index is 483. The normalized spacial score (nSPS) is 12.6. The first kappa shape index (κ1) is 16.1. The second-order valence-electron chi connectivity index (χ2n) is 4.04. The van der Waals surface area contributed by atoms with E-state index in [0.717, 1.165) is 5.56 Å². The number of nitrogens with one attached hydrogen (secondary N) is 1. The zero-order valence-corrected chi connectivity index (χ0v) is 11.1. The van der Waals surface area contributed by atoms with Gasteiger partial charge in [0.2, 0.25) is 0 Å². The topological polar surface area (TPSA) is 54.3 Å². The van der Waals surface area contributed by atoms with Gasteiger partial charge in [0, 0.05) is 13.1 Å². The van der Waals surface area contributed by atoms with Crippen molar-refractivity contribution in [3.63, 3.8) is 0 Å². The quantitative estimate of drug-likeness (QED) is 0.874. The zero-order valence-electron chi connectivity index (χ0n) is 11.1. The molecule has 1 rings (SSSR count). The van der Waals surface area contributed by atoms with Crippen LogP contribution in [0, 0.1) is 17.2 Å². The van der Waals surface area contributed by atoms with Gasteiger partial charge in [-0.1, -0.05) is 6.07 Å². The van der Waals surface area contributed by atoms with Crippen LogP contribution in [0.3, 0.4) is 0 Å². The molecule has 1 aromatic rings. The van der Waals surface area contributed by atoms with Gasteiger partial charge in [0.15, 0.2) is 17.4 Å². The summed E-state index contributed by atoms with van der Waals surface area (Å²) in [7, 11) is 2.97. The molecule has 0 spiro atoms. The van der Waals surface area contributed by atoms with Crippen LogP contribution in [0.25, 0.3) is 0 Å². The maximum absolute atomic E-state index is 12.4. The SMILES string of the molecule is COc1ccc(CNCC(C#N)C(F)(F)F)cc1OC. The van der Waals surface area contributed by atoms with Crippen LogP contribution in [0.1, 0.15) is 5.56 Å². The number of methoxy groups -OCH3 is 2. The monoisotopic (exact) mass is 288 g/mol. The van der Waals surface area contributed by atoms with Gasteiger partial charge in [-0.3, -0.25) is 0 Å². The molecule has 0 aromatic heterocycles. The number of nitriles is 1. The van der Waals surface area contributed by atoms with Crippen LogP contribution in [0.2, 0.25) is 0 Å². The van der Waals surface area contributed by atoms with Crippen molar-refractivity contribution in [3.8, 4) is 17.6 Å². The van der Waals surface area contributed by atoms with Crippen molar-refractivity contribution in [1.82, 2.24) is 5.32 Å². The molecule has 0 aliphatic carbocycles. The molecule has 1 aromatic carbocycles. The lowest BCUT2D eigenvalue weighted by Gasteiger charge is -2.14. The minimum absolute atomic E-state index is 0.203. The summed E-state index contributed by atoms with van der Waals surface area (Å²) in [6.07, 6.45) is -4.51. The third kappa shape index (κ3) is 4.31. The molecule has 110 valence electrons. The van der Waals surface area contributed by atoms with Crippen molar-refractivity contribution in [2.24, 2.45) is 5.92 Å². The van der Waals surface area contributed by atoms with Crippen LogP contribution >= 0.6 is 0 Å². The fourth-order valence-electron chi connectivity index (χ4n) is 1.59. The first-order chi connectivity index (χ1) is 9.42. The highest BCUT2D eigenvalue weighted by atomic mass is 19.4. The van der Waals surface area contributed by atoms with Gasteiger partial charge in [-0.15, -0.1) is 0 Å². The van der Waals surface area contributed by atoms with Gasteiger partial charge >= 0.3 is 6.18 Å². The third-order valence-corrected chi connectivity index (χ3v) is 2.68. The molecule has 4 nitrogen and oxygen atoms in total. The summed E-state index contributed by atoms with van der Waals surface area (Å²) in [6, 6.07) is 6.28. The number of ether oxygens (including phenoxy) is 2. The van der Waals surface area contributed by atoms with E-state index >= 15 is 0 Å². The lowest BCUT2D eigenvalue weighted by Crippen LogP contribution is -2.32. The van der Waals surface area contributed by atoms with Crippen molar-refractivity contribution in [2.45, 2.75) is 12.7 Å². The molecule has 1 atom stereocenters. The van der Waals surface area contributed by atoms with Crippen LogP contribution in [0.4, 0.5) is 13.2 Å². The van der Waals surface area contributed by atoms with Crippen LogP contribution in [-0.2, 0) is 6.54 Å². The summed E-state index contributed by atoms with van der Waals surface area (Å²) in [5.74, 6) is -0.969. The van der Waals surface area contributed by atoms with Crippen molar-refractivity contribution in [1.29, 1.82) is 5.26 Å². The standard InChI is InChI=1S/C13H15F3N2O2/c1-19-11-4-3-9(5-12(11)20-2)7-18-8-10(6-17)13(14,15)16/h3-5,10,18H,7-8H2,1-2H3. The van der Waals surface area contributed by atoms with Crippen LogP contribution in [-0.4, -0.2) is 26.9 Å². The summed E-state index contributed by atoms with van der Waals surface area (Å²) in [6.45, 7) is -0.247. The predicted octanol–water partition coefficient (Wildman–Crippen LogP) is 2.50. The van der Waals surface area contributed by atoms with Gasteiger partial charge in [-0.2, -0.15) is 18.4 Å². The lowest BCUT2D eigenvalue weighted by molar-refractivity contribution is -0.157. The van der Waals surface area contributed by atoms with Gasteiger partial charge in [0.05, 0.1) is 20.3 Å². The zero-order chi connectivity index (χ0) is 15.2. The van der Waals surface area contributed by atoms with Gasteiger partial charge < -0.3 is 14.8 Å². The summed E-state index contributed by atoms with van der Waals surface area (Å²) in [5, 5.41) is 11.1. The second-order valence-corrected chi connectivity index (χ2v) is 4.04. The minimum atomic E-state index is -4.51. The molecular weight excluding hydrogens is 273 g/mol. The Morgan fingerprint density at radius 2 is 1.90 bits per heavy atom. The lowest BCUT2D eigenvalue weighted by atomic mass is 10.1. The van der Waals surface area contributed by atoms with E-state index in [9.17, 15) is 13.2 Å². The number of hydrogen-bond acceptors (Lipinski definition) is 4. The highest BCUT2D eigenvalue weighted by molar-refractivity contribution is 5.42. The van der Waals surface area contributed by atoms with Crippen molar-refractivity contribution >= 4 is 0 Å². The first-order valence-electron chi connectivity index (χ1n) is 5.80. The Kier molecular flexibility index (Phi) is 5.65. The molecule has 0 radical (unpaired) electrons. The van der Waals surface area contributed by atoms with E-state index in [4.69, 9.17) is 14.7 Å². The molecule has 0 saturated carbocycles. The number of rotatable bonds is 6. The van der Waals surface area contributed by atoms with E-state index < -0.39 is 18.6 Å². The fraction of sp³-hybridized carbons (Fsp3) is 0.462. The van der Waals surface area contributed by atoms with Crippen LogP contribution in [0.5, 0.6) is 11.5 Å². The Balaban J connectivity index is 2.61. The van der Waals surface area contributed by atoms with E-state index in [-0.39, 0.29) is 6.54 Å². The average Bonchev–Trinajstić information content (AvgIpc) is 2.41. The van der Waals surface area contributed by atoms with Gasteiger partial charge in [-0.25, -0.2) is 0 Å².